The van der Waals surface area contributed by atoms with E-state index in [0.717, 1.165) is 16.9 Å². The summed E-state index contributed by atoms with van der Waals surface area (Å²) in [5, 5.41) is 9.33. The maximum absolute atomic E-state index is 13.1. The predicted octanol–water partition coefficient (Wildman–Crippen LogP) is 6.77. The first-order valence-electron chi connectivity index (χ1n) is 9.81. The molecule has 2 aromatic carbocycles. The van der Waals surface area contributed by atoms with Crippen molar-refractivity contribution < 1.29 is 4.79 Å². The number of carbonyl (C=O) groups is 1. The average Bonchev–Trinajstić information content (AvgIpc) is 3.43. The van der Waals surface area contributed by atoms with Gasteiger partial charge in [0.25, 0.3) is 5.91 Å². The summed E-state index contributed by atoms with van der Waals surface area (Å²) in [6, 6.07) is 14.3. The van der Waals surface area contributed by atoms with Crippen LogP contribution in [0, 0.1) is 0 Å². The standard InChI is InChI=1S/C23H18Cl4N4O/c1-2-16-21(22(32)28-13-14-5-7-17(24)19(26)11-14)29-31(23(16)30-9-3-4-10-30)15-6-8-18(25)20(27)12-15/h3-12H,2,13H2,1H3,(H,28,32). The minimum atomic E-state index is -0.292. The van der Waals surface area contributed by atoms with Gasteiger partial charge in [-0.2, -0.15) is 5.10 Å². The largest absolute Gasteiger partial charge is 0.347 e. The van der Waals surface area contributed by atoms with Crippen LogP contribution in [0.15, 0.2) is 60.9 Å². The van der Waals surface area contributed by atoms with Crippen molar-refractivity contribution in [3.05, 3.63) is 97.8 Å². The maximum atomic E-state index is 13.1. The first kappa shape index (κ1) is 22.7. The molecule has 164 valence electrons. The summed E-state index contributed by atoms with van der Waals surface area (Å²) in [5.41, 5.74) is 2.67. The molecule has 2 heterocycles. The molecule has 9 heteroatoms. The number of hydrogen-bond acceptors (Lipinski definition) is 2. The summed E-state index contributed by atoms with van der Waals surface area (Å²) in [4.78, 5) is 13.1. The van der Waals surface area contributed by atoms with Crippen molar-refractivity contribution in [1.82, 2.24) is 19.7 Å². The molecule has 0 aliphatic carbocycles. The van der Waals surface area contributed by atoms with Crippen molar-refractivity contribution in [1.29, 1.82) is 0 Å². The second kappa shape index (κ2) is 9.59. The molecule has 32 heavy (non-hydrogen) atoms. The number of halogens is 4. The Kier molecular flexibility index (Phi) is 6.82. The van der Waals surface area contributed by atoms with E-state index in [9.17, 15) is 4.79 Å². The third kappa shape index (κ3) is 4.52. The Balaban J connectivity index is 1.74. The molecular weight excluding hydrogens is 490 g/mol. The van der Waals surface area contributed by atoms with Crippen molar-refractivity contribution in [3.63, 3.8) is 0 Å². The van der Waals surface area contributed by atoms with Crippen LogP contribution in [0.2, 0.25) is 20.1 Å². The smallest absolute Gasteiger partial charge is 0.272 e. The predicted molar refractivity (Wildman–Crippen MR) is 130 cm³/mol. The number of hydrogen-bond donors (Lipinski definition) is 1. The summed E-state index contributed by atoms with van der Waals surface area (Å²) < 4.78 is 3.62. The molecule has 4 aromatic rings. The van der Waals surface area contributed by atoms with E-state index in [2.05, 4.69) is 10.4 Å². The van der Waals surface area contributed by atoms with E-state index in [4.69, 9.17) is 46.4 Å². The van der Waals surface area contributed by atoms with Gasteiger partial charge in [0.05, 0.1) is 25.8 Å². The molecule has 0 bridgehead atoms. The van der Waals surface area contributed by atoms with Crippen LogP contribution in [0.3, 0.4) is 0 Å². The molecule has 4 rings (SSSR count). The Morgan fingerprint density at radius 1 is 0.938 bits per heavy atom. The fourth-order valence-electron chi connectivity index (χ4n) is 3.40. The highest BCUT2D eigenvalue weighted by Gasteiger charge is 2.24. The molecule has 0 fully saturated rings. The molecule has 0 spiro atoms. The lowest BCUT2D eigenvalue weighted by Crippen LogP contribution is -2.24. The SMILES string of the molecule is CCc1c(C(=O)NCc2ccc(Cl)c(Cl)c2)nn(-c2ccc(Cl)c(Cl)c2)c1-n1cccc1. The summed E-state index contributed by atoms with van der Waals surface area (Å²) >= 11 is 24.4. The van der Waals surface area contributed by atoms with Gasteiger partial charge >= 0.3 is 0 Å². The highest BCUT2D eigenvalue weighted by Crippen LogP contribution is 2.29. The van der Waals surface area contributed by atoms with Gasteiger partial charge in [0.2, 0.25) is 0 Å². The van der Waals surface area contributed by atoms with Gasteiger partial charge in [0, 0.05) is 24.5 Å². The zero-order valence-corrected chi connectivity index (χ0v) is 20.0. The van der Waals surface area contributed by atoms with Gasteiger partial charge in [-0.1, -0.05) is 59.4 Å². The Labute approximate surface area is 205 Å². The zero-order chi connectivity index (χ0) is 22.8. The van der Waals surface area contributed by atoms with Crippen LogP contribution in [0.5, 0.6) is 0 Å². The van der Waals surface area contributed by atoms with Crippen LogP contribution < -0.4 is 5.32 Å². The van der Waals surface area contributed by atoms with Crippen molar-refractivity contribution in [3.8, 4) is 11.5 Å². The van der Waals surface area contributed by atoms with E-state index in [1.807, 2.05) is 48.1 Å². The second-order valence-electron chi connectivity index (χ2n) is 7.04. The van der Waals surface area contributed by atoms with E-state index in [-0.39, 0.29) is 12.5 Å². The average molecular weight is 508 g/mol. The molecule has 0 aliphatic rings. The molecule has 5 nitrogen and oxygen atoms in total. The van der Waals surface area contributed by atoms with Crippen LogP contribution in [-0.4, -0.2) is 20.3 Å². The third-order valence-electron chi connectivity index (χ3n) is 4.96. The number of benzene rings is 2. The quantitative estimate of drug-likeness (QED) is 0.313. The van der Waals surface area contributed by atoms with E-state index in [1.165, 1.54) is 0 Å². The topological polar surface area (TPSA) is 51.9 Å². The van der Waals surface area contributed by atoms with E-state index >= 15 is 0 Å². The van der Waals surface area contributed by atoms with Crippen molar-refractivity contribution in [2.24, 2.45) is 0 Å². The molecular formula is C23H18Cl4N4O. The Morgan fingerprint density at radius 3 is 2.22 bits per heavy atom. The fraction of sp³-hybridized carbons (Fsp3) is 0.130. The van der Waals surface area contributed by atoms with Gasteiger partial charge in [-0.3, -0.25) is 4.79 Å². The lowest BCUT2D eigenvalue weighted by molar-refractivity contribution is 0.0944. The molecule has 0 aliphatic heterocycles. The fourth-order valence-corrected chi connectivity index (χ4v) is 4.02. The van der Waals surface area contributed by atoms with Gasteiger partial charge in [-0.05, 0) is 54.4 Å². The highest BCUT2D eigenvalue weighted by atomic mass is 35.5. The highest BCUT2D eigenvalue weighted by molar-refractivity contribution is 6.42. The minimum Gasteiger partial charge on any atom is -0.347 e. The van der Waals surface area contributed by atoms with Crippen molar-refractivity contribution in [2.45, 2.75) is 19.9 Å². The minimum absolute atomic E-state index is 0.289. The first-order valence-corrected chi connectivity index (χ1v) is 11.3. The molecule has 0 unspecified atom stereocenters. The van der Waals surface area contributed by atoms with E-state index in [0.29, 0.717) is 37.9 Å². The molecule has 1 amide bonds. The van der Waals surface area contributed by atoms with Crippen LogP contribution in [0.1, 0.15) is 28.5 Å². The van der Waals surface area contributed by atoms with Gasteiger partial charge in [-0.25, -0.2) is 4.68 Å². The molecule has 2 aromatic heterocycles. The lowest BCUT2D eigenvalue weighted by Gasteiger charge is -2.11. The monoisotopic (exact) mass is 506 g/mol. The summed E-state index contributed by atoms with van der Waals surface area (Å²) in [5.74, 6) is 0.468. The normalized spacial score (nSPS) is 11.0. The number of amides is 1. The number of rotatable bonds is 6. The van der Waals surface area contributed by atoms with E-state index in [1.54, 1.807) is 28.9 Å². The van der Waals surface area contributed by atoms with Gasteiger partial charge in [0.15, 0.2) is 5.69 Å². The van der Waals surface area contributed by atoms with Crippen LogP contribution >= 0.6 is 46.4 Å². The third-order valence-corrected chi connectivity index (χ3v) is 6.44. The Morgan fingerprint density at radius 2 is 1.59 bits per heavy atom. The first-order chi connectivity index (χ1) is 15.4. The molecule has 0 radical (unpaired) electrons. The summed E-state index contributed by atoms with van der Waals surface area (Å²) in [6.07, 6.45) is 4.41. The lowest BCUT2D eigenvalue weighted by atomic mass is 10.1. The van der Waals surface area contributed by atoms with Gasteiger partial charge in [-0.15, -0.1) is 0 Å². The number of nitrogens with one attached hydrogen (secondary N) is 1. The van der Waals surface area contributed by atoms with Crippen LogP contribution in [0.4, 0.5) is 0 Å². The Bertz CT molecular complexity index is 1280. The number of carbonyl (C=O) groups excluding carboxylic acids is 1. The summed E-state index contributed by atoms with van der Waals surface area (Å²) in [6.45, 7) is 2.27. The summed E-state index contributed by atoms with van der Waals surface area (Å²) in [7, 11) is 0. The van der Waals surface area contributed by atoms with Crippen LogP contribution in [0.25, 0.3) is 11.5 Å². The molecule has 1 N–H and O–H groups in total. The number of nitrogens with zero attached hydrogens (tertiary/aromatic N) is 3. The van der Waals surface area contributed by atoms with Crippen molar-refractivity contribution in [2.75, 3.05) is 0 Å². The maximum Gasteiger partial charge on any atom is 0.272 e. The number of aromatic nitrogens is 3. The van der Waals surface area contributed by atoms with Gasteiger partial charge in [0.1, 0.15) is 5.82 Å². The van der Waals surface area contributed by atoms with Crippen LogP contribution in [-0.2, 0) is 13.0 Å². The van der Waals surface area contributed by atoms with Gasteiger partial charge < -0.3 is 9.88 Å². The second-order valence-corrected chi connectivity index (χ2v) is 8.66. The molecule has 0 saturated heterocycles. The zero-order valence-electron chi connectivity index (χ0n) is 16.9. The van der Waals surface area contributed by atoms with E-state index < -0.39 is 0 Å². The Hall–Kier alpha value is -2.44. The van der Waals surface area contributed by atoms with Crippen molar-refractivity contribution >= 4 is 52.3 Å². The molecule has 0 saturated carbocycles. The molecule has 0 atom stereocenters.